The molecule has 0 aliphatic carbocycles. The third-order valence-corrected chi connectivity index (χ3v) is 7.99. The van der Waals surface area contributed by atoms with Crippen LogP contribution in [0.5, 0.6) is 5.75 Å². The summed E-state index contributed by atoms with van der Waals surface area (Å²) in [6.07, 6.45) is 1.28. The van der Waals surface area contributed by atoms with E-state index in [1.807, 2.05) is 24.3 Å². The molecule has 1 N–H and O–H groups in total. The SMILES string of the molecule is COc1ccccc1CN1CCc2c(nc([C@@H]3CCN(S(=O)(=O)N(C)C)C3)[nH]c2=O)C1. The Labute approximate surface area is 182 Å². The molecule has 0 unspecified atom stereocenters. The van der Waals surface area contributed by atoms with Crippen molar-refractivity contribution in [2.75, 3.05) is 40.8 Å². The predicted molar refractivity (Wildman–Crippen MR) is 117 cm³/mol. The third-order valence-electron chi connectivity index (χ3n) is 6.08. The maximum absolute atomic E-state index is 12.7. The molecule has 0 spiro atoms. The summed E-state index contributed by atoms with van der Waals surface area (Å²) < 4.78 is 33.0. The summed E-state index contributed by atoms with van der Waals surface area (Å²) in [5.41, 5.74) is 2.51. The van der Waals surface area contributed by atoms with E-state index in [0.29, 0.717) is 44.8 Å². The molecule has 1 saturated heterocycles. The van der Waals surface area contributed by atoms with Crippen LogP contribution in [-0.2, 0) is 29.7 Å². The molecule has 31 heavy (non-hydrogen) atoms. The zero-order valence-corrected chi connectivity index (χ0v) is 19.0. The number of methoxy groups -OCH3 is 1. The van der Waals surface area contributed by atoms with Gasteiger partial charge < -0.3 is 9.72 Å². The zero-order chi connectivity index (χ0) is 22.2. The molecule has 1 fully saturated rings. The number of hydrogen-bond donors (Lipinski definition) is 1. The lowest BCUT2D eigenvalue weighted by atomic mass is 10.0. The van der Waals surface area contributed by atoms with Gasteiger partial charge in [0.1, 0.15) is 11.6 Å². The van der Waals surface area contributed by atoms with Crippen LogP contribution in [0.3, 0.4) is 0 Å². The Balaban J connectivity index is 1.53. The monoisotopic (exact) mass is 447 g/mol. The molecule has 9 nitrogen and oxygen atoms in total. The molecule has 0 saturated carbocycles. The molecule has 0 amide bonds. The van der Waals surface area contributed by atoms with Crippen LogP contribution in [0.25, 0.3) is 0 Å². The minimum Gasteiger partial charge on any atom is -0.496 e. The van der Waals surface area contributed by atoms with Gasteiger partial charge in [-0.3, -0.25) is 9.69 Å². The normalized spacial score (nSPS) is 20.2. The van der Waals surface area contributed by atoms with Gasteiger partial charge in [0.05, 0.1) is 12.8 Å². The average molecular weight is 448 g/mol. The summed E-state index contributed by atoms with van der Waals surface area (Å²) in [7, 11) is 1.25. The fraction of sp³-hybridized carbons (Fsp3) is 0.524. The van der Waals surface area contributed by atoms with Crippen LogP contribution in [0.15, 0.2) is 29.1 Å². The molecule has 0 radical (unpaired) electrons. The Bertz CT molecular complexity index is 1110. The summed E-state index contributed by atoms with van der Waals surface area (Å²) in [4.78, 5) is 22.7. The van der Waals surface area contributed by atoms with Gasteiger partial charge in [-0.15, -0.1) is 0 Å². The smallest absolute Gasteiger partial charge is 0.281 e. The van der Waals surface area contributed by atoms with Crippen LogP contribution in [0.4, 0.5) is 0 Å². The van der Waals surface area contributed by atoms with Crippen molar-refractivity contribution in [2.24, 2.45) is 0 Å². The van der Waals surface area contributed by atoms with Gasteiger partial charge in [0.25, 0.3) is 15.8 Å². The first-order valence-corrected chi connectivity index (χ1v) is 11.8. The maximum Gasteiger partial charge on any atom is 0.281 e. The first-order valence-electron chi connectivity index (χ1n) is 10.4. The Morgan fingerprint density at radius 3 is 2.77 bits per heavy atom. The molecule has 1 atom stereocenters. The second kappa shape index (κ2) is 8.70. The highest BCUT2D eigenvalue weighted by molar-refractivity contribution is 7.86. The second-order valence-electron chi connectivity index (χ2n) is 8.28. The quantitative estimate of drug-likeness (QED) is 0.708. The lowest BCUT2D eigenvalue weighted by Crippen LogP contribution is -2.38. The molecule has 3 heterocycles. The number of nitrogens with one attached hydrogen (secondary N) is 1. The van der Waals surface area contributed by atoms with E-state index in [4.69, 9.17) is 9.72 Å². The Morgan fingerprint density at radius 2 is 2.03 bits per heavy atom. The highest BCUT2D eigenvalue weighted by Gasteiger charge is 2.35. The van der Waals surface area contributed by atoms with Crippen LogP contribution in [0.2, 0.25) is 0 Å². The molecule has 0 bridgehead atoms. The van der Waals surface area contributed by atoms with Crippen molar-refractivity contribution in [3.8, 4) is 5.75 Å². The number of aromatic amines is 1. The molecule has 2 aromatic rings. The van der Waals surface area contributed by atoms with Crippen molar-refractivity contribution < 1.29 is 13.2 Å². The van der Waals surface area contributed by atoms with E-state index >= 15 is 0 Å². The van der Waals surface area contributed by atoms with Crippen LogP contribution in [0.1, 0.15) is 35.0 Å². The maximum atomic E-state index is 12.7. The lowest BCUT2D eigenvalue weighted by molar-refractivity contribution is 0.236. The number of rotatable bonds is 6. The topological polar surface area (TPSA) is 98.8 Å². The summed E-state index contributed by atoms with van der Waals surface area (Å²) in [5, 5.41) is 0. The van der Waals surface area contributed by atoms with E-state index in [-0.39, 0.29) is 11.5 Å². The van der Waals surface area contributed by atoms with Crippen molar-refractivity contribution in [3.63, 3.8) is 0 Å². The van der Waals surface area contributed by atoms with Crippen molar-refractivity contribution in [2.45, 2.75) is 31.8 Å². The first-order chi connectivity index (χ1) is 14.8. The van der Waals surface area contributed by atoms with Gasteiger partial charge in [-0.25, -0.2) is 4.98 Å². The molecule has 168 valence electrons. The van der Waals surface area contributed by atoms with Crippen molar-refractivity contribution in [1.82, 2.24) is 23.5 Å². The molecule has 10 heteroatoms. The van der Waals surface area contributed by atoms with Gasteiger partial charge in [0.2, 0.25) is 0 Å². The van der Waals surface area contributed by atoms with Crippen molar-refractivity contribution in [3.05, 3.63) is 57.3 Å². The predicted octanol–water partition coefficient (Wildman–Crippen LogP) is 0.933. The van der Waals surface area contributed by atoms with Gasteiger partial charge in [-0.2, -0.15) is 17.0 Å². The van der Waals surface area contributed by atoms with E-state index in [1.165, 1.54) is 22.7 Å². The number of H-pyrrole nitrogens is 1. The summed E-state index contributed by atoms with van der Waals surface area (Å²) in [6, 6.07) is 7.93. The summed E-state index contributed by atoms with van der Waals surface area (Å²) in [6.45, 7) is 2.81. The second-order valence-corrected chi connectivity index (χ2v) is 10.4. The van der Waals surface area contributed by atoms with Crippen molar-refractivity contribution >= 4 is 10.2 Å². The molecule has 2 aliphatic heterocycles. The Hall–Kier alpha value is -2.27. The largest absolute Gasteiger partial charge is 0.496 e. The molecule has 4 rings (SSSR count). The average Bonchev–Trinajstić information content (AvgIpc) is 3.25. The molecule has 2 aliphatic rings. The van der Waals surface area contributed by atoms with Crippen LogP contribution in [0, 0.1) is 0 Å². The van der Waals surface area contributed by atoms with Crippen LogP contribution in [-0.4, -0.2) is 72.7 Å². The highest BCUT2D eigenvalue weighted by atomic mass is 32.2. The number of aromatic nitrogens is 2. The van der Waals surface area contributed by atoms with E-state index < -0.39 is 10.2 Å². The fourth-order valence-electron chi connectivity index (χ4n) is 4.31. The number of para-hydroxylation sites is 1. The van der Waals surface area contributed by atoms with Crippen LogP contribution >= 0.6 is 0 Å². The summed E-state index contributed by atoms with van der Waals surface area (Å²) in [5.74, 6) is 1.32. The first kappa shape index (κ1) is 21.9. The summed E-state index contributed by atoms with van der Waals surface area (Å²) >= 11 is 0. The zero-order valence-electron chi connectivity index (χ0n) is 18.2. The van der Waals surface area contributed by atoms with Gasteiger partial charge in [-0.05, 0) is 18.9 Å². The van der Waals surface area contributed by atoms with E-state index in [9.17, 15) is 13.2 Å². The van der Waals surface area contributed by atoms with Gasteiger partial charge in [-0.1, -0.05) is 18.2 Å². The number of nitrogens with zero attached hydrogens (tertiary/aromatic N) is 4. The standard InChI is InChI=1S/C21H29N5O4S/c1-24(2)31(28,29)26-11-8-16(13-26)20-22-18-14-25(10-9-17(18)21(27)23-20)12-15-6-4-5-7-19(15)30-3/h4-7,16H,8-14H2,1-3H3,(H,22,23,27)/t16-/m1/s1. The highest BCUT2D eigenvalue weighted by Crippen LogP contribution is 2.28. The Morgan fingerprint density at radius 1 is 1.26 bits per heavy atom. The van der Waals surface area contributed by atoms with Gasteiger partial charge >= 0.3 is 0 Å². The minimum atomic E-state index is -3.47. The molecule has 1 aromatic carbocycles. The third kappa shape index (κ3) is 4.38. The minimum absolute atomic E-state index is 0.106. The number of hydrogen-bond acceptors (Lipinski definition) is 6. The van der Waals surface area contributed by atoms with Crippen LogP contribution < -0.4 is 10.3 Å². The number of fused-ring (bicyclic) bond motifs is 1. The van der Waals surface area contributed by atoms with Crippen molar-refractivity contribution in [1.29, 1.82) is 0 Å². The Kier molecular flexibility index (Phi) is 6.16. The molecular formula is C21H29N5O4S. The van der Waals surface area contributed by atoms with E-state index in [0.717, 1.165) is 29.1 Å². The lowest BCUT2D eigenvalue weighted by Gasteiger charge is -2.28. The van der Waals surface area contributed by atoms with Gasteiger partial charge in [0, 0.05) is 63.9 Å². The fourth-order valence-corrected chi connectivity index (χ4v) is 5.47. The van der Waals surface area contributed by atoms with Gasteiger partial charge in [0.15, 0.2) is 0 Å². The number of benzene rings is 1. The number of ether oxygens (including phenoxy) is 1. The molecular weight excluding hydrogens is 418 g/mol. The van der Waals surface area contributed by atoms with E-state index in [1.54, 1.807) is 7.11 Å². The molecule has 1 aromatic heterocycles. The van der Waals surface area contributed by atoms with E-state index in [2.05, 4.69) is 9.88 Å².